The second kappa shape index (κ2) is 4.91. The fraction of sp³-hybridized carbons (Fsp3) is 0.0909. The Morgan fingerprint density at radius 3 is 2.80 bits per heavy atom. The van der Waals surface area contributed by atoms with Crippen molar-refractivity contribution >= 4 is 40.2 Å². The summed E-state index contributed by atoms with van der Waals surface area (Å²) in [7, 11) is 1.84. The number of rotatable bonds is 3. The summed E-state index contributed by atoms with van der Waals surface area (Å²) in [5.41, 5.74) is 4.47. The molecule has 4 N–H and O–H groups in total. The van der Waals surface area contributed by atoms with Gasteiger partial charge in [-0.3, -0.25) is 5.43 Å². The second-order valence-electron chi connectivity index (χ2n) is 4.06. The van der Waals surface area contributed by atoms with E-state index >= 15 is 0 Å². The SMILES string of the molecule is Cn1cnc2c(Nc3ccc(Cl)nc3)nc(NN)nc21. The number of nitrogens with one attached hydrogen (secondary N) is 2. The summed E-state index contributed by atoms with van der Waals surface area (Å²) in [4.78, 5) is 16.8. The third-order valence-corrected chi connectivity index (χ3v) is 2.90. The Bertz CT molecular complexity index is 751. The smallest absolute Gasteiger partial charge is 0.241 e. The Morgan fingerprint density at radius 1 is 1.25 bits per heavy atom. The van der Waals surface area contributed by atoms with Gasteiger partial charge in [-0.05, 0) is 12.1 Å². The molecule has 102 valence electrons. The maximum Gasteiger partial charge on any atom is 0.241 e. The zero-order valence-corrected chi connectivity index (χ0v) is 11.3. The lowest BCUT2D eigenvalue weighted by Gasteiger charge is -2.08. The molecular weight excluding hydrogens is 280 g/mol. The predicted octanol–water partition coefficient (Wildman–Crippen LogP) is 1.44. The van der Waals surface area contributed by atoms with Crippen LogP contribution >= 0.6 is 11.6 Å². The van der Waals surface area contributed by atoms with Crippen LogP contribution in [0.1, 0.15) is 0 Å². The first kappa shape index (κ1) is 12.6. The average molecular weight is 291 g/mol. The van der Waals surface area contributed by atoms with Crippen LogP contribution in [-0.2, 0) is 7.05 Å². The molecule has 3 aromatic heterocycles. The summed E-state index contributed by atoms with van der Waals surface area (Å²) >= 11 is 5.75. The van der Waals surface area contributed by atoms with E-state index in [0.29, 0.717) is 28.1 Å². The minimum absolute atomic E-state index is 0.297. The van der Waals surface area contributed by atoms with Gasteiger partial charge in [-0.1, -0.05) is 11.6 Å². The zero-order valence-electron chi connectivity index (χ0n) is 10.5. The summed E-state index contributed by atoms with van der Waals surface area (Å²) in [5.74, 6) is 6.21. The number of aryl methyl sites for hydroxylation is 1. The molecular formula is C11H11ClN8. The topological polar surface area (TPSA) is 107 Å². The van der Waals surface area contributed by atoms with Crippen LogP contribution in [0, 0.1) is 0 Å². The second-order valence-corrected chi connectivity index (χ2v) is 4.45. The molecule has 3 aromatic rings. The summed E-state index contributed by atoms with van der Waals surface area (Å²) in [6, 6.07) is 3.48. The highest BCUT2D eigenvalue weighted by Gasteiger charge is 2.11. The lowest BCUT2D eigenvalue weighted by Crippen LogP contribution is -2.12. The number of fused-ring (bicyclic) bond motifs is 1. The van der Waals surface area contributed by atoms with E-state index in [4.69, 9.17) is 17.4 Å². The van der Waals surface area contributed by atoms with Crippen molar-refractivity contribution in [3.05, 3.63) is 29.8 Å². The molecule has 0 unspecified atom stereocenters. The van der Waals surface area contributed by atoms with Gasteiger partial charge < -0.3 is 9.88 Å². The number of hydrazine groups is 1. The molecule has 9 heteroatoms. The highest BCUT2D eigenvalue weighted by Crippen LogP contribution is 2.23. The molecule has 0 aromatic carbocycles. The van der Waals surface area contributed by atoms with Crippen LogP contribution in [0.2, 0.25) is 5.15 Å². The number of pyridine rings is 1. The normalized spacial score (nSPS) is 10.8. The van der Waals surface area contributed by atoms with Gasteiger partial charge in [0.05, 0.1) is 18.2 Å². The summed E-state index contributed by atoms with van der Waals surface area (Å²) < 4.78 is 1.78. The number of hydrogen-bond acceptors (Lipinski definition) is 7. The van der Waals surface area contributed by atoms with E-state index in [2.05, 4.69) is 30.7 Å². The molecule has 0 bridgehead atoms. The Hall–Kier alpha value is -2.45. The molecule has 0 saturated carbocycles. The first-order valence-electron chi connectivity index (χ1n) is 5.71. The first-order chi connectivity index (χ1) is 9.67. The average Bonchev–Trinajstić information content (AvgIpc) is 2.83. The van der Waals surface area contributed by atoms with Crippen molar-refractivity contribution in [1.82, 2.24) is 24.5 Å². The van der Waals surface area contributed by atoms with Crippen molar-refractivity contribution in [2.45, 2.75) is 0 Å². The Kier molecular flexibility index (Phi) is 3.09. The van der Waals surface area contributed by atoms with E-state index in [0.717, 1.165) is 5.69 Å². The fourth-order valence-electron chi connectivity index (χ4n) is 1.75. The largest absolute Gasteiger partial charge is 0.337 e. The molecule has 3 rings (SSSR count). The predicted molar refractivity (Wildman–Crippen MR) is 76.6 cm³/mol. The Labute approximate surface area is 119 Å². The van der Waals surface area contributed by atoms with Gasteiger partial charge >= 0.3 is 0 Å². The van der Waals surface area contributed by atoms with Crippen LogP contribution in [-0.4, -0.2) is 24.5 Å². The van der Waals surface area contributed by atoms with Gasteiger partial charge in [-0.25, -0.2) is 15.8 Å². The number of anilines is 3. The van der Waals surface area contributed by atoms with Gasteiger partial charge in [0.15, 0.2) is 17.0 Å². The zero-order chi connectivity index (χ0) is 14.1. The van der Waals surface area contributed by atoms with Gasteiger partial charge in [-0.15, -0.1) is 0 Å². The monoisotopic (exact) mass is 290 g/mol. The molecule has 0 spiro atoms. The van der Waals surface area contributed by atoms with Gasteiger partial charge in [0, 0.05) is 7.05 Å². The van der Waals surface area contributed by atoms with Gasteiger partial charge in [0.2, 0.25) is 5.95 Å². The number of nitrogen functional groups attached to an aromatic ring is 1. The van der Waals surface area contributed by atoms with Crippen LogP contribution in [0.25, 0.3) is 11.2 Å². The molecule has 20 heavy (non-hydrogen) atoms. The van der Waals surface area contributed by atoms with Crippen molar-refractivity contribution in [2.24, 2.45) is 12.9 Å². The van der Waals surface area contributed by atoms with Crippen LogP contribution < -0.4 is 16.6 Å². The summed E-state index contributed by atoms with van der Waals surface area (Å²) in [6.07, 6.45) is 3.26. The fourth-order valence-corrected chi connectivity index (χ4v) is 1.86. The quantitative estimate of drug-likeness (QED) is 0.380. The third kappa shape index (κ3) is 2.22. The van der Waals surface area contributed by atoms with Crippen LogP contribution in [0.3, 0.4) is 0 Å². The third-order valence-electron chi connectivity index (χ3n) is 2.68. The summed E-state index contributed by atoms with van der Waals surface area (Å²) in [5, 5.41) is 3.54. The molecule has 0 amide bonds. The minimum Gasteiger partial charge on any atom is -0.337 e. The molecule has 0 saturated heterocycles. The number of nitrogens with two attached hydrogens (primary N) is 1. The van der Waals surface area contributed by atoms with E-state index in [1.54, 1.807) is 29.2 Å². The van der Waals surface area contributed by atoms with Gasteiger partial charge in [-0.2, -0.15) is 9.97 Å². The van der Waals surface area contributed by atoms with Gasteiger partial charge in [0.25, 0.3) is 0 Å². The van der Waals surface area contributed by atoms with E-state index in [9.17, 15) is 0 Å². The maximum atomic E-state index is 5.75. The highest BCUT2D eigenvalue weighted by molar-refractivity contribution is 6.29. The lowest BCUT2D eigenvalue weighted by atomic mass is 10.4. The molecule has 3 heterocycles. The molecule has 0 aliphatic rings. The first-order valence-corrected chi connectivity index (χ1v) is 6.09. The van der Waals surface area contributed by atoms with Gasteiger partial charge in [0.1, 0.15) is 5.15 Å². The molecule has 0 fully saturated rings. The molecule has 0 aliphatic carbocycles. The van der Waals surface area contributed by atoms with Crippen LogP contribution in [0.5, 0.6) is 0 Å². The number of nitrogens with zero attached hydrogens (tertiary/aromatic N) is 5. The van der Waals surface area contributed by atoms with Crippen molar-refractivity contribution in [2.75, 3.05) is 10.7 Å². The lowest BCUT2D eigenvalue weighted by molar-refractivity contribution is 0.928. The van der Waals surface area contributed by atoms with Crippen LogP contribution in [0.15, 0.2) is 24.7 Å². The Balaban J connectivity index is 2.07. The van der Waals surface area contributed by atoms with Crippen molar-refractivity contribution in [3.63, 3.8) is 0 Å². The number of imidazole rings is 1. The van der Waals surface area contributed by atoms with E-state index in [1.807, 2.05) is 7.05 Å². The highest BCUT2D eigenvalue weighted by atomic mass is 35.5. The number of aromatic nitrogens is 5. The number of halogens is 1. The van der Waals surface area contributed by atoms with Crippen molar-refractivity contribution in [3.8, 4) is 0 Å². The molecule has 0 aliphatic heterocycles. The van der Waals surface area contributed by atoms with E-state index < -0.39 is 0 Å². The summed E-state index contributed by atoms with van der Waals surface area (Å²) in [6.45, 7) is 0. The molecule has 0 atom stereocenters. The van der Waals surface area contributed by atoms with Crippen molar-refractivity contribution < 1.29 is 0 Å². The Morgan fingerprint density at radius 2 is 2.10 bits per heavy atom. The number of hydrogen-bond donors (Lipinski definition) is 3. The van der Waals surface area contributed by atoms with E-state index in [1.165, 1.54) is 0 Å². The minimum atomic E-state index is 0.297. The van der Waals surface area contributed by atoms with E-state index in [-0.39, 0.29) is 0 Å². The van der Waals surface area contributed by atoms with Crippen LogP contribution in [0.4, 0.5) is 17.5 Å². The maximum absolute atomic E-state index is 5.75. The standard InChI is InChI=1S/C11H11ClN8/c1-20-5-15-8-9(17-11(19-13)18-10(8)20)16-6-2-3-7(12)14-4-6/h2-5H,13H2,1H3,(H2,16,17,18,19). The molecule has 0 radical (unpaired) electrons. The molecule has 8 nitrogen and oxygen atoms in total. The van der Waals surface area contributed by atoms with Crippen molar-refractivity contribution in [1.29, 1.82) is 0 Å².